The molecule has 0 aliphatic rings. The molecule has 3 aromatic carbocycles. The molecule has 3 N–H and O–H groups in total. The van der Waals surface area contributed by atoms with E-state index in [0.717, 1.165) is 5.39 Å². The maximum absolute atomic E-state index is 12.7. The summed E-state index contributed by atoms with van der Waals surface area (Å²) in [7, 11) is -8.05. The SMILES string of the molecule is NS(=O)(=O)c1ccccc1NS(=O)(=O)c1cccc2ccccc12. The van der Waals surface area contributed by atoms with E-state index in [-0.39, 0.29) is 15.5 Å². The minimum absolute atomic E-state index is 0.0600. The molecule has 0 aromatic heterocycles. The van der Waals surface area contributed by atoms with E-state index in [1.165, 1.54) is 30.3 Å². The van der Waals surface area contributed by atoms with Crippen molar-refractivity contribution in [2.45, 2.75) is 9.79 Å². The van der Waals surface area contributed by atoms with Gasteiger partial charge in [0.1, 0.15) is 4.90 Å². The highest BCUT2D eigenvalue weighted by Gasteiger charge is 2.21. The van der Waals surface area contributed by atoms with Gasteiger partial charge in [-0.05, 0) is 23.6 Å². The highest BCUT2D eigenvalue weighted by Crippen LogP contribution is 2.27. The molecule has 0 aliphatic heterocycles. The Morgan fingerprint density at radius 1 is 0.708 bits per heavy atom. The van der Waals surface area contributed by atoms with E-state index in [9.17, 15) is 16.8 Å². The van der Waals surface area contributed by atoms with Crippen LogP contribution in [-0.4, -0.2) is 16.8 Å². The Balaban J connectivity index is 2.14. The number of nitrogens with two attached hydrogens (primary N) is 1. The van der Waals surface area contributed by atoms with Gasteiger partial charge in [0, 0.05) is 5.39 Å². The van der Waals surface area contributed by atoms with Gasteiger partial charge in [-0.2, -0.15) is 0 Å². The van der Waals surface area contributed by atoms with Crippen molar-refractivity contribution < 1.29 is 16.8 Å². The molecule has 0 radical (unpaired) electrons. The predicted molar refractivity (Wildman–Crippen MR) is 92.6 cm³/mol. The monoisotopic (exact) mass is 362 g/mol. The van der Waals surface area contributed by atoms with Crippen LogP contribution in [0.25, 0.3) is 10.8 Å². The second-order valence-corrected chi connectivity index (χ2v) is 8.30. The summed E-state index contributed by atoms with van der Waals surface area (Å²) in [5.74, 6) is 0. The zero-order valence-corrected chi connectivity index (χ0v) is 14.0. The lowest BCUT2D eigenvalue weighted by atomic mass is 10.1. The molecule has 0 fully saturated rings. The second kappa shape index (κ2) is 5.90. The maximum Gasteiger partial charge on any atom is 0.262 e. The number of hydrogen-bond acceptors (Lipinski definition) is 4. The average Bonchev–Trinajstić information content (AvgIpc) is 2.53. The van der Waals surface area contributed by atoms with Gasteiger partial charge < -0.3 is 0 Å². The molecule has 0 atom stereocenters. The molecule has 0 heterocycles. The van der Waals surface area contributed by atoms with Crippen LogP contribution in [0.5, 0.6) is 0 Å². The van der Waals surface area contributed by atoms with Gasteiger partial charge in [0.15, 0.2) is 0 Å². The number of benzene rings is 3. The molecule has 0 unspecified atom stereocenters. The van der Waals surface area contributed by atoms with Gasteiger partial charge >= 0.3 is 0 Å². The molecule has 6 nitrogen and oxygen atoms in total. The van der Waals surface area contributed by atoms with Crippen molar-refractivity contribution in [3.05, 3.63) is 66.7 Å². The fourth-order valence-electron chi connectivity index (χ4n) is 2.43. The van der Waals surface area contributed by atoms with Gasteiger partial charge in [-0.15, -0.1) is 0 Å². The lowest BCUT2D eigenvalue weighted by Gasteiger charge is -2.13. The maximum atomic E-state index is 12.7. The van der Waals surface area contributed by atoms with Gasteiger partial charge in [-0.1, -0.05) is 48.5 Å². The third kappa shape index (κ3) is 3.12. The number of sulfonamides is 2. The standard InChI is InChI=1S/C16H14N2O4S2/c17-23(19,20)16-10-4-3-9-14(16)18-24(21,22)15-11-5-7-12-6-1-2-8-13(12)15/h1-11,18H,(H2,17,19,20). The molecule has 3 aromatic rings. The molecule has 0 bridgehead atoms. The van der Waals surface area contributed by atoms with Crippen LogP contribution in [0.1, 0.15) is 0 Å². The zero-order chi connectivity index (χ0) is 17.4. The minimum Gasteiger partial charge on any atom is -0.278 e. The highest BCUT2D eigenvalue weighted by atomic mass is 32.2. The van der Waals surface area contributed by atoms with Crippen LogP contribution in [0, 0.1) is 0 Å². The number of primary sulfonamides is 1. The smallest absolute Gasteiger partial charge is 0.262 e. The number of rotatable bonds is 4. The first-order valence-corrected chi connectivity index (χ1v) is 9.94. The fraction of sp³-hybridized carbons (Fsp3) is 0. The first kappa shape index (κ1) is 16.4. The Morgan fingerprint density at radius 3 is 2.04 bits per heavy atom. The molecular formula is C16H14N2O4S2. The Labute approximate surface area is 140 Å². The highest BCUT2D eigenvalue weighted by molar-refractivity contribution is 7.93. The van der Waals surface area contributed by atoms with E-state index in [2.05, 4.69) is 4.72 Å². The molecule has 0 spiro atoms. The summed E-state index contributed by atoms with van der Waals surface area (Å²) in [5, 5.41) is 6.45. The lowest BCUT2D eigenvalue weighted by Crippen LogP contribution is -2.18. The first-order chi connectivity index (χ1) is 11.3. The minimum atomic E-state index is -4.06. The van der Waals surface area contributed by atoms with E-state index in [1.807, 2.05) is 6.07 Å². The molecule has 24 heavy (non-hydrogen) atoms. The number of nitrogens with one attached hydrogen (secondary N) is 1. The summed E-state index contributed by atoms with van der Waals surface area (Å²) in [4.78, 5) is -0.223. The average molecular weight is 362 g/mol. The van der Waals surface area contributed by atoms with Gasteiger partial charge in [0.2, 0.25) is 10.0 Å². The largest absolute Gasteiger partial charge is 0.278 e. The van der Waals surface area contributed by atoms with Crippen LogP contribution in [0.15, 0.2) is 76.5 Å². The summed E-state index contributed by atoms with van der Waals surface area (Å²) < 4.78 is 51.1. The second-order valence-electron chi connectivity index (χ2n) is 5.12. The molecule has 0 amide bonds. The van der Waals surface area contributed by atoms with Gasteiger partial charge in [-0.3, -0.25) is 4.72 Å². The summed E-state index contributed by atoms with van der Waals surface area (Å²) in [6.07, 6.45) is 0. The fourth-order valence-corrected chi connectivity index (χ4v) is 4.50. The third-order valence-corrected chi connectivity index (χ3v) is 5.87. The number of hydrogen-bond donors (Lipinski definition) is 2. The lowest BCUT2D eigenvalue weighted by molar-refractivity contribution is 0.598. The molecular weight excluding hydrogens is 348 g/mol. The topological polar surface area (TPSA) is 106 Å². The summed E-state index contributed by atoms with van der Waals surface area (Å²) in [6.45, 7) is 0. The van der Waals surface area contributed by atoms with E-state index in [1.54, 1.807) is 30.3 Å². The zero-order valence-electron chi connectivity index (χ0n) is 12.4. The summed E-state index contributed by atoms with van der Waals surface area (Å²) >= 11 is 0. The van der Waals surface area contributed by atoms with E-state index < -0.39 is 20.0 Å². The van der Waals surface area contributed by atoms with Crippen LogP contribution in [-0.2, 0) is 20.0 Å². The molecule has 8 heteroatoms. The molecule has 0 saturated heterocycles. The van der Waals surface area contributed by atoms with Crippen LogP contribution < -0.4 is 9.86 Å². The third-order valence-electron chi connectivity index (χ3n) is 3.48. The summed E-state index contributed by atoms with van der Waals surface area (Å²) in [5.41, 5.74) is -0.0899. The van der Waals surface area contributed by atoms with Gasteiger partial charge in [0.25, 0.3) is 10.0 Å². The number of fused-ring (bicyclic) bond motifs is 1. The number of anilines is 1. The Hall–Kier alpha value is -2.42. The Morgan fingerprint density at radius 2 is 1.29 bits per heavy atom. The van der Waals surface area contributed by atoms with Crippen LogP contribution in [0.2, 0.25) is 0 Å². The summed E-state index contributed by atoms with van der Waals surface area (Å²) in [6, 6.07) is 17.5. The van der Waals surface area contributed by atoms with Crippen molar-refractivity contribution in [1.82, 2.24) is 0 Å². The van der Waals surface area contributed by atoms with Crippen molar-refractivity contribution in [3.8, 4) is 0 Å². The van der Waals surface area contributed by atoms with Crippen molar-refractivity contribution in [2.24, 2.45) is 5.14 Å². The van der Waals surface area contributed by atoms with Crippen molar-refractivity contribution in [3.63, 3.8) is 0 Å². The Bertz CT molecular complexity index is 1120. The molecule has 0 aliphatic carbocycles. The normalized spacial score (nSPS) is 12.2. The van der Waals surface area contributed by atoms with Gasteiger partial charge in [-0.25, -0.2) is 22.0 Å². The van der Waals surface area contributed by atoms with Crippen molar-refractivity contribution in [2.75, 3.05) is 4.72 Å². The molecule has 124 valence electrons. The quantitative estimate of drug-likeness (QED) is 0.742. The van der Waals surface area contributed by atoms with Crippen LogP contribution in [0.4, 0.5) is 5.69 Å². The predicted octanol–water partition coefficient (Wildman–Crippen LogP) is 2.29. The van der Waals surface area contributed by atoms with Gasteiger partial charge in [0.05, 0.1) is 10.6 Å². The first-order valence-electron chi connectivity index (χ1n) is 6.91. The van der Waals surface area contributed by atoms with E-state index >= 15 is 0 Å². The van der Waals surface area contributed by atoms with E-state index in [0.29, 0.717) is 5.39 Å². The van der Waals surface area contributed by atoms with Crippen molar-refractivity contribution in [1.29, 1.82) is 0 Å². The number of para-hydroxylation sites is 1. The molecule has 0 saturated carbocycles. The van der Waals surface area contributed by atoms with Crippen LogP contribution in [0.3, 0.4) is 0 Å². The van der Waals surface area contributed by atoms with E-state index in [4.69, 9.17) is 5.14 Å². The Kier molecular flexibility index (Phi) is 4.04. The van der Waals surface area contributed by atoms with Crippen molar-refractivity contribution >= 4 is 36.5 Å². The van der Waals surface area contributed by atoms with Crippen LogP contribution >= 0.6 is 0 Å². The molecule has 3 rings (SSSR count).